The molecule has 7 nitrogen and oxygen atoms in total. The summed E-state index contributed by atoms with van der Waals surface area (Å²) < 4.78 is 18.2. The molecule has 0 amide bonds. The number of nitrogens with zero attached hydrogens (tertiary/aromatic N) is 3. The van der Waals surface area contributed by atoms with E-state index in [1.54, 1.807) is 44.7 Å². The van der Waals surface area contributed by atoms with Crippen LogP contribution in [0.25, 0.3) is 0 Å². The molecule has 0 aliphatic heterocycles. The van der Waals surface area contributed by atoms with E-state index in [1.165, 1.54) is 4.68 Å². The van der Waals surface area contributed by atoms with Crippen LogP contribution in [-0.2, 0) is 6.61 Å². The third-order valence-corrected chi connectivity index (χ3v) is 4.16. The van der Waals surface area contributed by atoms with Crippen LogP contribution in [0.1, 0.15) is 11.4 Å². The molecule has 0 aliphatic rings. The largest absolute Gasteiger partial charge is 0.493 e. The predicted molar refractivity (Wildman–Crippen MR) is 106 cm³/mol. The first-order chi connectivity index (χ1) is 13.1. The molecule has 1 N–H and O–H groups in total. The summed E-state index contributed by atoms with van der Waals surface area (Å²) in [4.78, 5) is 0. The zero-order valence-electron chi connectivity index (χ0n) is 14.7. The van der Waals surface area contributed by atoms with E-state index in [0.29, 0.717) is 32.9 Å². The lowest BCUT2D eigenvalue weighted by atomic mass is 10.2. The summed E-state index contributed by atoms with van der Waals surface area (Å²) in [6.45, 7) is 0.182. The lowest BCUT2D eigenvalue weighted by Gasteiger charge is -2.09. The van der Waals surface area contributed by atoms with Gasteiger partial charge in [0.15, 0.2) is 17.3 Å². The maximum absolute atomic E-state index is 5.87. The van der Waals surface area contributed by atoms with E-state index >= 15 is 0 Å². The molecule has 3 rings (SSSR count). The van der Waals surface area contributed by atoms with Crippen LogP contribution in [0.15, 0.2) is 47.6 Å². The van der Waals surface area contributed by atoms with Crippen molar-refractivity contribution >= 4 is 30.0 Å². The standard InChI is InChI=1S/C18H17ClN4O3S/c1-24-15-5-3-4-12(17(15)25-2)10-20-23-16(21-22-18(23)27)11-26-14-8-6-13(19)7-9-14/h3-10H,11H2,1-2H3,(H,22,27)/b20-10-. The zero-order valence-corrected chi connectivity index (χ0v) is 16.3. The number of hydrogen-bond donors (Lipinski definition) is 1. The zero-order chi connectivity index (χ0) is 19.2. The Hall–Kier alpha value is -2.84. The Bertz CT molecular complexity index is 999. The molecular formula is C18H17ClN4O3S. The van der Waals surface area contributed by atoms with Crippen molar-refractivity contribution in [3.8, 4) is 17.2 Å². The Morgan fingerprint density at radius 1 is 1.19 bits per heavy atom. The van der Waals surface area contributed by atoms with Gasteiger partial charge in [0.2, 0.25) is 4.77 Å². The monoisotopic (exact) mass is 404 g/mol. The van der Waals surface area contributed by atoms with Gasteiger partial charge >= 0.3 is 0 Å². The number of methoxy groups -OCH3 is 2. The molecule has 2 aromatic carbocycles. The molecule has 0 bridgehead atoms. The van der Waals surface area contributed by atoms with Crippen LogP contribution in [-0.4, -0.2) is 35.3 Å². The molecule has 27 heavy (non-hydrogen) atoms. The second-order valence-electron chi connectivity index (χ2n) is 5.33. The van der Waals surface area contributed by atoms with Gasteiger partial charge < -0.3 is 14.2 Å². The first-order valence-corrected chi connectivity index (χ1v) is 8.71. The number of aromatic amines is 1. The highest BCUT2D eigenvalue weighted by Gasteiger charge is 2.09. The van der Waals surface area contributed by atoms with Gasteiger partial charge in [0, 0.05) is 10.6 Å². The van der Waals surface area contributed by atoms with Crippen LogP contribution in [0, 0.1) is 4.77 Å². The number of aromatic nitrogens is 3. The normalized spacial score (nSPS) is 10.9. The minimum atomic E-state index is 0.182. The van der Waals surface area contributed by atoms with E-state index in [4.69, 9.17) is 38.0 Å². The molecule has 0 unspecified atom stereocenters. The molecule has 0 aliphatic carbocycles. The van der Waals surface area contributed by atoms with Gasteiger partial charge in [-0.3, -0.25) is 0 Å². The van der Waals surface area contributed by atoms with Gasteiger partial charge in [-0.1, -0.05) is 17.7 Å². The molecule has 0 saturated carbocycles. The highest BCUT2D eigenvalue weighted by Crippen LogP contribution is 2.29. The van der Waals surface area contributed by atoms with Crippen molar-refractivity contribution in [3.05, 3.63) is 63.6 Å². The fourth-order valence-electron chi connectivity index (χ4n) is 2.35. The second-order valence-corrected chi connectivity index (χ2v) is 6.15. The van der Waals surface area contributed by atoms with E-state index in [0.717, 1.165) is 5.56 Å². The van der Waals surface area contributed by atoms with Gasteiger partial charge in [0.05, 0.1) is 20.4 Å². The maximum atomic E-state index is 5.87. The maximum Gasteiger partial charge on any atom is 0.216 e. The van der Waals surface area contributed by atoms with Gasteiger partial charge in [0.25, 0.3) is 0 Å². The molecule has 0 spiro atoms. The Kier molecular flexibility index (Phi) is 6.10. The number of rotatable bonds is 7. The summed E-state index contributed by atoms with van der Waals surface area (Å²) in [5, 5.41) is 11.9. The van der Waals surface area contributed by atoms with Crippen LogP contribution in [0.4, 0.5) is 0 Å². The van der Waals surface area contributed by atoms with E-state index < -0.39 is 0 Å². The van der Waals surface area contributed by atoms with Crippen LogP contribution in [0.3, 0.4) is 0 Å². The highest BCUT2D eigenvalue weighted by atomic mass is 35.5. The summed E-state index contributed by atoms with van der Waals surface area (Å²) in [6.07, 6.45) is 1.62. The molecule has 1 heterocycles. The van der Waals surface area contributed by atoms with Crippen molar-refractivity contribution in [2.45, 2.75) is 6.61 Å². The Balaban J connectivity index is 1.82. The number of benzene rings is 2. The molecule has 3 aromatic rings. The number of halogens is 1. The van der Waals surface area contributed by atoms with Crippen molar-refractivity contribution in [2.24, 2.45) is 5.10 Å². The molecular weight excluding hydrogens is 388 g/mol. The van der Waals surface area contributed by atoms with Crippen LogP contribution in [0.2, 0.25) is 5.02 Å². The van der Waals surface area contributed by atoms with E-state index in [-0.39, 0.29) is 6.61 Å². The number of hydrogen-bond acceptors (Lipinski definition) is 6. The quantitative estimate of drug-likeness (QED) is 0.474. The van der Waals surface area contributed by atoms with Crippen molar-refractivity contribution in [3.63, 3.8) is 0 Å². The van der Waals surface area contributed by atoms with Crippen LogP contribution < -0.4 is 14.2 Å². The summed E-state index contributed by atoms with van der Waals surface area (Å²) >= 11 is 11.1. The van der Waals surface area contributed by atoms with Crippen molar-refractivity contribution in [1.29, 1.82) is 0 Å². The van der Waals surface area contributed by atoms with E-state index in [1.807, 2.05) is 18.2 Å². The Morgan fingerprint density at radius 2 is 1.96 bits per heavy atom. The minimum Gasteiger partial charge on any atom is -0.493 e. The molecule has 0 saturated heterocycles. The lowest BCUT2D eigenvalue weighted by Crippen LogP contribution is -2.04. The molecule has 140 valence electrons. The first kappa shape index (κ1) is 18.9. The molecule has 0 fully saturated rings. The van der Waals surface area contributed by atoms with Crippen LogP contribution >= 0.6 is 23.8 Å². The summed E-state index contributed by atoms with van der Waals surface area (Å²) in [6, 6.07) is 12.6. The van der Waals surface area contributed by atoms with Gasteiger partial charge in [0.1, 0.15) is 12.4 Å². The van der Waals surface area contributed by atoms with Gasteiger partial charge in [-0.2, -0.15) is 14.9 Å². The van der Waals surface area contributed by atoms with Gasteiger partial charge in [-0.25, -0.2) is 5.10 Å². The lowest BCUT2D eigenvalue weighted by molar-refractivity contribution is 0.290. The predicted octanol–water partition coefficient (Wildman–Crippen LogP) is 4.07. The highest BCUT2D eigenvalue weighted by molar-refractivity contribution is 7.71. The van der Waals surface area contributed by atoms with Gasteiger partial charge in [-0.05, 0) is 48.6 Å². The smallest absolute Gasteiger partial charge is 0.216 e. The number of nitrogens with one attached hydrogen (secondary N) is 1. The summed E-state index contributed by atoms with van der Waals surface area (Å²) in [5.74, 6) is 2.38. The number of ether oxygens (including phenoxy) is 3. The van der Waals surface area contributed by atoms with Crippen molar-refractivity contribution in [2.75, 3.05) is 14.2 Å². The average molecular weight is 405 g/mol. The minimum absolute atomic E-state index is 0.182. The Morgan fingerprint density at radius 3 is 2.67 bits per heavy atom. The first-order valence-electron chi connectivity index (χ1n) is 7.92. The number of H-pyrrole nitrogens is 1. The topological polar surface area (TPSA) is 73.7 Å². The number of para-hydroxylation sites is 1. The van der Waals surface area contributed by atoms with E-state index in [2.05, 4.69) is 15.3 Å². The molecule has 1 aromatic heterocycles. The summed E-state index contributed by atoms with van der Waals surface area (Å²) in [7, 11) is 3.15. The van der Waals surface area contributed by atoms with E-state index in [9.17, 15) is 0 Å². The SMILES string of the molecule is COc1cccc(/C=N\n2c(COc3ccc(Cl)cc3)n[nH]c2=S)c1OC. The third kappa shape index (κ3) is 4.47. The average Bonchev–Trinajstić information content (AvgIpc) is 3.05. The summed E-state index contributed by atoms with van der Waals surface area (Å²) in [5.41, 5.74) is 0.740. The second kappa shape index (κ2) is 8.70. The third-order valence-electron chi connectivity index (χ3n) is 3.64. The Labute approximate surface area is 166 Å². The van der Waals surface area contributed by atoms with Gasteiger partial charge in [-0.15, -0.1) is 0 Å². The van der Waals surface area contributed by atoms with Crippen molar-refractivity contribution in [1.82, 2.24) is 14.9 Å². The fraction of sp³-hybridized carbons (Fsp3) is 0.167. The fourth-order valence-corrected chi connectivity index (χ4v) is 2.67. The van der Waals surface area contributed by atoms with Crippen LogP contribution in [0.5, 0.6) is 17.2 Å². The molecule has 9 heteroatoms. The molecule has 0 radical (unpaired) electrons. The molecule has 0 atom stereocenters. The van der Waals surface area contributed by atoms with Crippen molar-refractivity contribution < 1.29 is 14.2 Å².